The lowest BCUT2D eigenvalue weighted by Crippen LogP contribution is -2.32. The normalized spacial score (nSPS) is 14.9. The number of nitrogens with one attached hydrogen (secondary N) is 1. The number of guanidine groups is 1. The SMILES string of the molecule is N=C(N)N(c1ccc(C2CC2)cc1)c1ccc2c3c(cccc13)C=C2. The summed E-state index contributed by atoms with van der Waals surface area (Å²) in [6.07, 6.45) is 6.86. The number of benzene rings is 3. The number of nitrogens with zero attached hydrogens (tertiary/aromatic N) is 1. The van der Waals surface area contributed by atoms with E-state index in [4.69, 9.17) is 11.1 Å². The van der Waals surface area contributed by atoms with Crippen molar-refractivity contribution in [2.24, 2.45) is 5.73 Å². The van der Waals surface area contributed by atoms with Gasteiger partial charge in [-0.1, -0.05) is 48.6 Å². The third kappa shape index (κ3) is 2.23. The first-order valence-electron chi connectivity index (χ1n) is 8.70. The van der Waals surface area contributed by atoms with Gasteiger partial charge in [-0.25, -0.2) is 0 Å². The molecule has 0 atom stereocenters. The second kappa shape index (κ2) is 5.21. The average molecular weight is 325 g/mol. The van der Waals surface area contributed by atoms with Crippen molar-refractivity contribution in [2.45, 2.75) is 18.8 Å². The van der Waals surface area contributed by atoms with Gasteiger partial charge in [0, 0.05) is 11.1 Å². The standard InChI is InChI=1S/C22H19N3/c23-22(24)25(18-11-8-15(9-12-18)14-4-5-14)20-13-10-17-7-6-16-2-1-3-19(20)21(16)17/h1-3,6-14H,4-5H2,(H3,23,24). The average Bonchev–Trinajstić information content (AvgIpc) is 3.39. The first-order chi connectivity index (χ1) is 12.2. The Morgan fingerprint density at radius 2 is 1.64 bits per heavy atom. The third-order valence-corrected chi connectivity index (χ3v) is 5.21. The van der Waals surface area contributed by atoms with Crippen molar-refractivity contribution in [1.29, 1.82) is 5.41 Å². The molecule has 3 aromatic rings. The molecule has 5 rings (SSSR count). The second-order valence-corrected chi connectivity index (χ2v) is 6.86. The van der Waals surface area contributed by atoms with Crippen LogP contribution in [0.1, 0.15) is 35.4 Å². The van der Waals surface area contributed by atoms with Gasteiger partial charge in [-0.3, -0.25) is 10.3 Å². The highest BCUT2D eigenvalue weighted by Crippen LogP contribution is 2.42. The molecule has 0 saturated heterocycles. The topological polar surface area (TPSA) is 53.1 Å². The molecule has 0 aromatic heterocycles. The van der Waals surface area contributed by atoms with Crippen molar-refractivity contribution < 1.29 is 0 Å². The highest BCUT2D eigenvalue weighted by molar-refractivity contribution is 6.14. The van der Waals surface area contributed by atoms with E-state index in [0.29, 0.717) is 0 Å². The van der Waals surface area contributed by atoms with Crippen LogP contribution in [-0.4, -0.2) is 5.96 Å². The molecule has 2 aliphatic rings. The zero-order valence-electron chi connectivity index (χ0n) is 13.9. The van der Waals surface area contributed by atoms with E-state index in [2.05, 4.69) is 66.7 Å². The van der Waals surface area contributed by atoms with Gasteiger partial charge >= 0.3 is 0 Å². The van der Waals surface area contributed by atoms with Crippen LogP contribution < -0.4 is 10.6 Å². The number of rotatable bonds is 3. The highest BCUT2D eigenvalue weighted by atomic mass is 15.2. The second-order valence-electron chi connectivity index (χ2n) is 6.86. The van der Waals surface area contributed by atoms with Gasteiger partial charge < -0.3 is 5.73 Å². The van der Waals surface area contributed by atoms with Crippen molar-refractivity contribution in [3.8, 4) is 0 Å². The molecule has 1 fully saturated rings. The van der Waals surface area contributed by atoms with E-state index in [0.717, 1.165) is 22.7 Å². The Labute approximate surface area is 146 Å². The number of hydrogen-bond donors (Lipinski definition) is 2. The molecule has 0 heterocycles. The van der Waals surface area contributed by atoms with Crippen molar-refractivity contribution in [1.82, 2.24) is 0 Å². The Morgan fingerprint density at radius 1 is 0.920 bits per heavy atom. The lowest BCUT2D eigenvalue weighted by atomic mass is 10.0. The van der Waals surface area contributed by atoms with E-state index in [-0.39, 0.29) is 5.96 Å². The maximum Gasteiger partial charge on any atom is 0.197 e. The largest absolute Gasteiger partial charge is 0.369 e. The Bertz CT molecular complexity index is 1010. The maximum atomic E-state index is 8.16. The monoisotopic (exact) mass is 325 g/mol. The van der Waals surface area contributed by atoms with E-state index in [1.807, 2.05) is 4.90 Å². The predicted molar refractivity (Wildman–Crippen MR) is 105 cm³/mol. The molecule has 3 N–H and O–H groups in total. The first kappa shape index (κ1) is 14.3. The van der Waals surface area contributed by atoms with E-state index in [9.17, 15) is 0 Å². The Hall–Kier alpha value is -3.07. The number of anilines is 2. The van der Waals surface area contributed by atoms with Gasteiger partial charge in [-0.05, 0) is 59.0 Å². The fourth-order valence-electron chi connectivity index (χ4n) is 3.82. The minimum atomic E-state index is 0.0332. The summed E-state index contributed by atoms with van der Waals surface area (Å²) in [5.74, 6) is 0.758. The van der Waals surface area contributed by atoms with Gasteiger partial charge in [0.2, 0.25) is 0 Å². The first-order valence-corrected chi connectivity index (χ1v) is 8.70. The van der Waals surface area contributed by atoms with Crippen LogP contribution in [0.3, 0.4) is 0 Å². The molecule has 3 aromatic carbocycles. The minimum absolute atomic E-state index is 0.0332. The van der Waals surface area contributed by atoms with Crippen LogP contribution in [0.4, 0.5) is 11.4 Å². The summed E-state index contributed by atoms with van der Waals surface area (Å²) < 4.78 is 0. The summed E-state index contributed by atoms with van der Waals surface area (Å²) >= 11 is 0. The Kier molecular flexibility index (Phi) is 2.98. The fourth-order valence-corrected chi connectivity index (χ4v) is 3.82. The molecule has 25 heavy (non-hydrogen) atoms. The van der Waals surface area contributed by atoms with Gasteiger partial charge in [0.15, 0.2) is 5.96 Å². The van der Waals surface area contributed by atoms with E-state index in [1.165, 1.54) is 34.9 Å². The van der Waals surface area contributed by atoms with Crippen molar-refractivity contribution >= 4 is 40.3 Å². The molecule has 0 amide bonds. The summed E-state index contributed by atoms with van der Waals surface area (Å²) in [5, 5.41) is 10.5. The van der Waals surface area contributed by atoms with E-state index < -0.39 is 0 Å². The summed E-state index contributed by atoms with van der Waals surface area (Å²) in [6, 6.07) is 19.0. The molecule has 2 aliphatic carbocycles. The van der Waals surface area contributed by atoms with Crippen LogP contribution in [0, 0.1) is 5.41 Å². The molecule has 1 saturated carbocycles. The minimum Gasteiger partial charge on any atom is -0.369 e. The summed E-state index contributed by atoms with van der Waals surface area (Å²) in [7, 11) is 0. The van der Waals surface area contributed by atoms with Crippen LogP contribution in [0.5, 0.6) is 0 Å². The summed E-state index contributed by atoms with van der Waals surface area (Å²) in [5.41, 5.74) is 11.7. The van der Waals surface area contributed by atoms with Gasteiger partial charge in [0.25, 0.3) is 0 Å². The quantitative estimate of drug-likeness (QED) is 0.400. The van der Waals surface area contributed by atoms with Crippen LogP contribution in [0.25, 0.3) is 22.9 Å². The molecule has 0 unspecified atom stereocenters. The van der Waals surface area contributed by atoms with Crippen molar-refractivity contribution in [3.05, 3.63) is 71.3 Å². The number of hydrogen-bond acceptors (Lipinski definition) is 1. The van der Waals surface area contributed by atoms with Gasteiger partial charge in [0.05, 0.1) is 5.69 Å². The maximum absolute atomic E-state index is 8.16. The van der Waals surface area contributed by atoms with Crippen LogP contribution in [-0.2, 0) is 0 Å². The molecular weight excluding hydrogens is 306 g/mol. The number of nitrogens with two attached hydrogens (primary N) is 1. The van der Waals surface area contributed by atoms with E-state index in [1.54, 1.807) is 0 Å². The molecule has 0 radical (unpaired) electrons. The lowest BCUT2D eigenvalue weighted by Gasteiger charge is -2.25. The molecule has 0 aliphatic heterocycles. The molecular formula is C22H19N3. The highest BCUT2D eigenvalue weighted by Gasteiger charge is 2.24. The fraction of sp³-hybridized carbons (Fsp3) is 0.136. The van der Waals surface area contributed by atoms with Gasteiger partial charge in [-0.15, -0.1) is 0 Å². The summed E-state index contributed by atoms with van der Waals surface area (Å²) in [6.45, 7) is 0. The van der Waals surface area contributed by atoms with Crippen LogP contribution in [0.2, 0.25) is 0 Å². The smallest absolute Gasteiger partial charge is 0.197 e. The zero-order chi connectivity index (χ0) is 17.0. The van der Waals surface area contributed by atoms with Crippen LogP contribution in [0.15, 0.2) is 54.6 Å². The Morgan fingerprint density at radius 3 is 2.32 bits per heavy atom. The molecule has 3 nitrogen and oxygen atoms in total. The van der Waals surface area contributed by atoms with Gasteiger partial charge in [-0.2, -0.15) is 0 Å². The zero-order valence-corrected chi connectivity index (χ0v) is 13.9. The van der Waals surface area contributed by atoms with Crippen molar-refractivity contribution in [2.75, 3.05) is 4.90 Å². The molecule has 122 valence electrons. The van der Waals surface area contributed by atoms with Crippen molar-refractivity contribution in [3.63, 3.8) is 0 Å². The summed E-state index contributed by atoms with van der Waals surface area (Å²) in [4.78, 5) is 1.83. The molecule has 0 spiro atoms. The third-order valence-electron chi connectivity index (χ3n) is 5.21. The van der Waals surface area contributed by atoms with Gasteiger partial charge in [0.1, 0.15) is 0 Å². The lowest BCUT2D eigenvalue weighted by molar-refractivity contribution is 1.13. The Balaban J connectivity index is 1.66. The molecule has 0 bridgehead atoms. The predicted octanol–water partition coefficient (Wildman–Crippen LogP) is 5.23. The van der Waals surface area contributed by atoms with E-state index >= 15 is 0 Å². The van der Waals surface area contributed by atoms with Crippen LogP contribution >= 0.6 is 0 Å². The molecule has 3 heteroatoms.